The van der Waals surface area contributed by atoms with Gasteiger partial charge in [0.15, 0.2) is 0 Å². The zero-order valence-electron chi connectivity index (χ0n) is 8.33. The first-order chi connectivity index (χ1) is 6.30. The van der Waals surface area contributed by atoms with E-state index in [1.807, 2.05) is 0 Å². The van der Waals surface area contributed by atoms with Gasteiger partial charge in [-0.05, 0) is 31.6 Å². The molecule has 13 heavy (non-hydrogen) atoms. The predicted molar refractivity (Wildman–Crippen MR) is 57.2 cm³/mol. The molecule has 0 bridgehead atoms. The number of fused-ring (bicyclic) bond motifs is 1. The van der Waals surface area contributed by atoms with Crippen molar-refractivity contribution in [3.05, 3.63) is 0 Å². The van der Waals surface area contributed by atoms with Crippen LogP contribution < -0.4 is 0 Å². The van der Waals surface area contributed by atoms with Gasteiger partial charge in [-0.15, -0.1) is 0 Å². The summed E-state index contributed by atoms with van der Waals surface area (Å²) in [5.41, 5.74) is 0.187. The van der Waals surface area contributed by atoms with Crippen LogP contribution in [0.3, 0.4) is 0 Å². The summed E-state index contributed by atoms with van der Waals surface area (Å²) in [5, 5.41) is 10.2. The van der Waals surface area contributed by atoms with E-state index >= 15 is 0 Å². The van der Waals surface area contributed by atoms with Crippen LogP contribution in [-0.4, -0.2) is 46.2 Å². The van der Waals surface area contributed by atoms with Gasteiger partial charge in [0.1, 0.15) is 0 Å². The van der Waals surface area contributed by atoms with Gasteiger partial charge < -0.3 is 5.11 Å². The second-order valence-corrected chi connectivity index (χ2v) is 5.79. The Bertz CT molecular complexity index is 188. The molecule has 0 radical (unpaired) electrons. The molecule has 0 aromatic carbocycles. The maximum absolute atomic E-state index is 9.46. The van der Waals surface area contributed by atoms with E-state index in [1.54, 1.807) is 0 Å². The molecule has 1 N–H and O–H groups in total. The van der Waals surface area contributed by atoms with E-state index in [4.69, 9.17) is 0 Å². The zero-order chi connectivity index (χ0) is 9.31. The molecule has 2 saturated heterocycles. The molecule has 0 unspecified atom stereocenters. The Morgan fingerprint density at radius 2 is 2.46 bits per heavy atom. The Morgan fingerprint density at radius 1 is 1.62 bits per heavy atom. The summed E-state index contributed by atoms with van der Waals surface area (Å²) in [6, 6.07) is 0. The maximum Gasteiger partial charge on any atom is 0.0615 e. The molecule has 76 valence electrons. The van der Waals surface area contributed by atoms with E-state index in [2.05, 4.69) is 23.6 Å². The van der Waals surface area contributed by atoms with E-state index < -0.39 is 0 Å². The van der Waals surface area contributed by atoms with Gasteiger partial charge in [-0.3, -0.25) is 4.90 Å². The minimum Gasteiger partial charge on any atom is -0.394 e. The van der Waals surface area contributed by atoms with Crippen molar-refractivity contribution in [2.45, 2.75) is 37.0 Å². The normalized spacial score (nSPS) is 39.7. The molecule has 0 aromatic rings. The predicted octanol–water partition coefficient (Wildman–Crippen LogP) is 1.34. The molecular formula is C10H19NOS. The lowest BCUT2D eigenvalue weighted by molar-refractivity contribution is 0.0999. The van der Waals surface area contributed by atoms with Crippen LogP contribution in [0.15, 0.2) is 0 Å². The Labute approximate surface area is 84.7 Å². The highest BCUT2D eigenvalue weighted by Crippen LogP contribution is 2.42. The highest BCUT2D eigenvalue weighted by molar-refractivity contribution is 7.99. The van der Waals surface area contributed by atoms with Gasteiger partial charge in [-0.25, -0.2) is 0 Å². The van der Waals surface area contributed by atoms with Crippen LogP contribution in [0.4, 0.5) is 0 Å². The Hall–Kier alpha value is 0.270. The van der Waals surface area contributed by atoms with E-state index in [0.717, 1.165) is 5.25 Å². The Morgan fingerprint density at radius 3 is 3.08 bits per heavy atom. The molecule has 2 aliphatic heterocycles. The van der Waals surface area contributed by atoms with Crippen molar-refractivity contribution in [2.24, 2.45) is 0 Å². The third kappa shape index (κ3) is 1.62. The van der Waals surface area contributed by atoms with Crippen LogP contribution in [-0.2, 0) is 0 Å². The summed E-state index contributed by atoms with van der Waals surface area (Å²) in [7, 11) is 0. The molecule has 2 aliphatic rings. The lowest BCUT2D eigenvalue weighted by Gasteiger charge is -2.29. The summed E-state index contributed by atoms with van der Waals surface area (Å²) in [6.45, 7) is 5.01. The number of thioether (sulfide) groups is 1. The quantitative estimate of drug-likeness (QED) is 0.745. The van der Waals surface area contributed by atoms with Crippen molar-refractivity contribution in [1.82, 2.24) is 4.90 Å². The maximum atomic E-state index is 9.46. The standard InChI is InChI=1S/C10H19NOS/c1-2-13-9-6-10(8-12)4-3-5-11(10)7-9/h9,12H,2-8H2,1H3/t9-,10+/m0/s1. The van der Waals surface area contributed by atoms with Crippen molar-refractivity contribution in [2.75, 3.05) is 25.4 Å². The van der Waals surface area contributed by atoms with Gasteiger partial charge in [-0.2, -0.15) is 11.8 Å². The molecule has 0 aliphatic carbocycles. The van der Waals surface area contributed by atoms with Crippen molar-refractivity contribution < 1.29 is 5.11 Å². The number of aliphatic hydroxyl groups is 1. The van der Waals surface area contributed by atoms with Crippen molar-refractivity contribution in [3.63, 3.8) is 0 Å². The second kappa shape index (κ2) is 3.79. The average molecular weight is 201 g/mol. The van der Waals surface area contributed by atoms with E-state index in [0.29, 0.717) is 6.61 Å². The number of hydrogen-bond donors (Lipinski definition) is 1. The topological polar surface area (TPSA) is 23.5 Å². The third-order valence-electron chi connectivity index (χ3n) is 3.47. The highest BCUT2D eigenvalue weighted by atomic mass is 32.2. The first-order valence-electron chi connectivity index (χ1n) is 5.28. The molecule has 2 heterocycles. The molecule has 0 spiro atoms. The fraction of sp³-hybridized carbons (Fsp3) is 1.00. The number of nitrogens with zero attached hydrogens (tertiary/aromatic N) is 1. The number of hydrogen-bond acceptors (Lipinski definition) is 3. The molecule has 3 heteroatoms. The minimum absolute atomic E-state index is 0.187. The van der Waals surface area contributed by atoms with E-state index in [9.17, 15) is 5.11 Å². The summed E-state index contributed by atoms with van der Waals surface area (Å²) >= 11 is 2.06. The fourth-order valence-corrected chi connectivity index (χ4v) is 4.02. The lowest BCUT2D eigenvalue weighted by atomic mass is 9.95. The molecule has 2 rings (SSSR count). The van der Waals surface area contributed by atoms with Crippen molar-refractivity contribution in [3.8, 4) is 0 Å². The lowest BCUT2D eigenvalue weighted by Crippen LogP contribution is -2.41. The van der Waals surface area contributed by atoms with Crippen molar-refractivity contribution >= 4 is 11.8 Å². The largest absolute Gasteiger partial charge is 0.394 e. The summed E-state index contributed by atoms with van der Waals surface area (Å²) < 4.78 is 0. The molecular weight excluding hydrogens is 182 g/mol. The van der Waals surface area contributed by atoms with Crippen LogP contribution in [0.25, 0.3) is 0 Å². The van der Waals surface area contributed by atoms with Crippen LogP contribution in [0, 0.1) is 0 Å². The molecule has 0 saturated carbocycles. The van der Waals surface area contributed by atoms with Crippen LogP contribution >= 0.6 is 11.8 Å². The zero-order valence-corrected chi connectivity index (χ0v) is 9.15. The fourth-order valence-electron chi connectivity index (χ4n) is 2.84. The smallest absolute Gasteiger partial charge is 0.0615 e. The summed E-state index contributed by atoms with van der Waals surface area (Å²) in [6.07, 6.45) is 3.70. The molecule has 0 amide bonds. The summed E-state index contributed by atoms with van der Waals surface area (Å²) in [5.74, 6) is 1.21. The number of aliphatic hydroxyl groups excluding tert-OH is 1. The van der Waals surface area contributed by atoms with Crippen LogP contribution in [0.5, 0.6) is 0 Å². The van der Waals surface area contributed by atoms with Gasteiger partial charge in [0.25, 0.3) is 0 Å². The van der Waals surface area contributed by atoms with Crippen LogP contribution in [0.2, 0.25) is 0 Å². The molecule has 2 atom stereocenters. The van der Waals surface area contributed by atoms with E-state index in [-0.39, 0.29) is 5.54 Å². The monoisotopic (exact) mass is 201 g/mol. The minimum atomic E-state index is 0.187. The van der Waals surface area contributed by atoms with Gasteiger partial charge >= 0.3 is 0 Å². The van der Waals surface area contributed by atoms with Gasteiger partial charge in [0.05, 0.1) is 6.61 Å². The van der Waals surface area contributed by atoms with Gasteiger partial charge in [0, 0.05) is 17.3 Å². The van der Waals surface area contributed by atoms with E-state index in [1.165, 1.54) is 38.1 Å². The van der Waals surface area contributed by atoms with Gasteiger partial charge in [0.2, 0.25) is 0 Å². The molecule has 2 fully saturated rings. The molecule has 0 aromatic heterocycles. The second-order valence-electron chi connectivity index (χ2n) is 4.21. The first kappa shape index (κ1) is 9.81. The third-order valence-corrected chi connectivity index (χ3v) is 4.59. The highest BCUT2D eigenvalue weighted by Gasteiger charge is 2.47. The van der Waals surface area contributed by atoms with Crippen molar-refractivity contribution in [1.29, 1.82) is 0 Å². The molecule has 2 nitrogen and oxygen atoms in total. The van der Waals surface area contributed by atoms with Gasteiger partial charge in [-0.1, -0.05) is 6.92 Å². The Balaban J connectivity index is 2.00. The Kier molecular flexibility index (Phi) is 2.86. The average Bonchev–Trinajstić information content (AvgIpc) is 2.61. The van der Waals surface area contributed by atoms with Crippen LogP contribution in [0.1, 0.15) is 26.2 Å². The summed E-state index contributed by atoms with van der Waals surface area (Å²) in [4.78, 5) is 2.51. The first-order valence-corrected chi connectivity index (χ1v) is 6.33. The SMILES string of the molecule is CCS[C@@H]1CN2CCC[C@]2(CO)C1. The number of rotatable bonds is 3.